The molecule has 2 aromatic heterocycles. The van der Waals surface area contributed by atoms with Gasteiger partial charge in [-0.1, -0.05) is 97.9 Å². The molecule has 0 radical (unpaired) electrons. The van der Waals surface area contributed by atoms with Crippen molar-refractivity contribution in [2.75, 3.05) is 0 Å². The molecule has 10 nitrogen and oxygen atoms in total. The van der Waals surface area contributed by atoms with Gasteiger partial charge in [-0.2, -0.15) is 10.2 Å². The number of ether oxygens (including phenoxy) is 2. The molecule has 2 heterocycles. The van der Waals surface area contributed by atoms with Crippen molar-refractivity contribution >= 4 is 11.8 Å². The van der Waals surface area contributed by atoms with Crippen LogP contribution in [0.15, 0.2) is 109 Å². The lowest BCUT2D eigenvalue weighted by molar-refractivity contribution is -0.0846. The van der Waals surface area contributed by atoms with Crippen molar-refractivity contribution in [3.8, 4) is 45.6 Å². The molecule has 0 aliphatic heterocycles. The molecule has 0 amide bonds. The van der Waals surface area contributed by atoms with Gasteiger partial charge in [-0.25, -0.2) is 14.8 Å². The van der Waals surface area contributed by atoms with Gasteiger partial charge in [-0.15, -0.1) is 0 Å². The maximum absolute atomic E-state index is 13.8. The fourth-order valence-electron chi connectivity index (χ4n) is 5.91. The summed E-state index contributed by atoms with van der Waals surface area (Å²) in [4.78, 5) is 36.5. The van der Waals surface area contributed by atoms with Crippen LogP contribution >= 0.6 is 0 Å². The molecule has 0 saturated carbocycles. The fraction of sp³-hybridized carbons (Fsp3) is 0.250. The van der Waals surface area contributed by atoms with Crippen LogP contribution in [0.5, 0.6) is 0 Å². The topological polar surface area (TPSA) is 136 Å². The zero-order chi connectivity index (χ0) is 35.3. The Morgan fingerprint density at radius 2 is 1.16 bits per heavy atom. The summed E-state index contributed by atoms with van der Waals surface area (Å²) in [6.07, 6.45) is 0.519. The highest BCUT2D eigenvalue weighted by Gasteiger charge is 2.36. The van der Waals surface area contributed by atoms with Crippen LogP contribution in [0.2, 0.25) is 0 Å². The van der Waals surface area contributed by atoms with Gasteiger partial charge in [0.1, 0.15) is 11.2 Å². The molecule has 254 valence electrons. The van der Waals surface area contributed by atoms with Crippen LogP contribution in [0, 0.1) is 0 Å². The number of aromatic nitrogens is 6. The van der Waals surface area contributed by atoms with E-state index in [2.05, 4.69) is 30.4 Å². The van der Waals surface area contributed by atoms with E-state index in [0.717, 1.165) is 11.1 Å². The van der Waals surface area contributed by atoms with Crippen molar-refractivity contribution in [2.45, 2.75) is 64.8 Å². The summed E-state index contributed by atoms with van der Waals surface area (Å²) in [6.45, 7) is 9.25. The molecular formula is C40H40N6O4. The Morgan fingerprint density at radius 1 is 0.680 bits per heavy atom. The molecule has 0 saturated heterocycles. The molecule has 2 unspecified atom stereocenters. The lowest BCUT2D eigenvalue weighted by atomic mass is 9.92. The minimum Gasteiger partial charge on any atom is -0.456 e. The number of ketones is 1. The van der Waals surface area contributed by atoms with Crippen molar-refractivity contribution in [1.29, 1.82) is 0 Å². The van der Waals surface area contributed by atoms with Gasteiger partial charge < -0.3 is 9.47 Å². The van der Waals surface area contributed by atoms with Crippen LogP contribution in [0.4, 0.5) is 0 Å². The largest absolute Gasteiger partial charge is 0.456 e. The Morgan fingerprint density at radius 3 is 1.68 bits per heavy atom. The first-order chi connectivity index (χ1) is 24.0. The number of hydrogen-bond donors (Lipinski definition) is 2. The number of aromatic amines is 2. The maximum atomic E-state index is 13.8. The molecule has 0 bridgehead atoms. The SMILES string of the molecule is CCC(C)(CC(C)OC(C)(C)C(=O)c1cccc(-c2n[nH]c(-c3ccccc3)n2)c1)OC(=O)c1cccc(-c2n[nH]c(-c3ccccc3)n2)c1. The van der Waals surface area contributed by atoms with E-state index in [4.69, 9.17) is 9.47 Å². The minimum absolute atomic E-state index is 0.181. The summed E-state index contributed by atoms with van der Waals surface area (Å²) in [7, 11) is 0. The smallest absolute Gasteiger partial charge is 0.338 e. The number of nitrogens with one attached hydrogen (secondary N) is 2. The lowest BCUT2D eigenvalue weighted by Crippen LogP contribution is -2.42. The first-order valence-electron chi connectivity index (χ1n) is 16.7. The second kappa shape index (κ2) is 14.4. The van der Waals surface area contributed by atoms with Crippen molar-refractivity contribution in [1.82, 2.24) is 30.4 Å². The van der Waals surface area contributed by atoms with Crippen LogP contribution in [0.1, 0.15) is 68.2 Å². The number of H-pyrrole nitrogens is 2. The molecule has 6 aromatic rings. The third-order valence-electron chi connectivity index (χ3n) is 8.65. The van der Waals surface area contributed by atoms with Crippen molar-refractivity contribution in [3.63, 3.8) is 0 Å². The van der Waals surface area contributed by atoms with E-state index in [1.165, 1.54) is 0 Å². The van der Waals surface area contributed by atoms with Gasteiger partial charge in [0, 0.05) is 34.2 Å². The summed E-state index contributed by atoms with van der Waals surface area (Å²) >= 11 is 0. The number of esters is 1. The molecule has 2 atom stereocenters. The Balaban J connectivity index is 1.10. The van der Waals surface area contributed by atoms with Crippen molar-refractivity contribution < 1.29 is 19.1 Å². The van der Waals surface area contributed by atoms with Gasteiger partial charge in [0.05, 0.1) is 11.7 Å². The average Bonchev–Trinajstić information content (AvgIpc) is 3.83. The van der Waals surface area contributed by atoms with Crippen LogP contribution in [0.25, 0.3) is 45.6 Å². The molecule has 0 aliphatic carbocycles. The second-order valence-corrected chi connectivity index (χ2v) is 13.1. The van der Waals surface area contributed by atoms with E-state index in [0.29, 0.717) is 58.4 Å². The minimum atomic E-state index is -1.16. The van der Waals surface area contributed by atoms with Gasteiger partial charge in [-0.05, 0) is 52.3 Å². The Kier molecular flexibility index (Phi) is 9.83. The number of benzene rings is 4. The zero-order valence-corrected chi connectivity index (χ0v) is 28.8. The Bertz CT molecular complexity index is 2090. The Hall–Kier alpha value is -5.74. The van der Waals surface area contributed by atoms with Gasteiger partial charge in [0.15, 0.2) is 29.1 Å². The standard InChI is InChI=1S/C40H40N6O4/c1-6-40(5,50-38(48)32-22-14-21-31(24-32)37-42-35(44-46-37)28-17-11-8-12-18-28)25-26(2)49-39(3,4)33(47)29-19-13-20-30(23-29)36-41-34(43-45-36)27-15-9-7-10-16-27/h7-24,26H,6,25H2,1-5H3,(H,41,43,45)(H,42,44,46). The number of rotatable bonds is 13. The normalized spacial score (nSPS) is 13.4. The number of Topliss-reactive ketones (excluding diaryl/α,β-unsaturated/α-hetero) is 1. The quantitative estimate of drug-likeness (QED) is 0.0926. The molecule has 0 spiro atoms. The van der Waals surface area contributed by atoms with E-state index < -0.39 is 23.3 Å². The molecule has 0 aliphatic rings. The maximum Gasteiger partial charge on any atom is 0.338 e. The molecule has 10 heteroatoms. The number of nitrogens with zero attached hydrogens (tertiary/aromatic N) is 4. The van der Waals surface area contributed by atoms with Crippen LogP contribution in [-0.4, -0.2) is 59.4 Å². The third kappa shape index (κ3) is 7.76. The monoisotopic (exact) mass is 668 g/mol. The second-order valence-electron chi connectivity index (χ2n) is 13.1. The predicted molar refractivity (Wildman–Crippen MR) is 192 cm³/mol. The molecule has 2 N–H and O–H groups in total. The summed E-state index contributed by atoms with van der Waals surface area (Å²) in [5.41, 5.74) is 2.11. The molecule has 50 heavy (non-hydrogen) atoms. The van der Waals surface area contributed by atoms with Crippen LogP contribution < -0.4 is 0 Å². The van der Waals surface area contributed by atoms with E-state index in [1.807, 2.05) is 99.6 Å². The van der Waals surface area contributed by atoms with Gasteiger partial charge in [0.25, 0.3) is 0 Å². The highest BCUT2D eigenvalue weighted by molar-refractivity contribution is 6.02. The molecule has 4 aromatic carbocycles. The Labute approximate surface area is 291 Å². The predicted octanol–water partition coefficient (Wildman–Crippen LogP) is 8.37. The van der Waals surface area contributed by atoms with E-state index >= 15 is 0 Å². The van der Waals surface area contributed by atoms with Crippen molar-refractivity contribution in [3.05, 3.63) is 120 Å². The number of carbonyl (C=O) groups excluding carboxylic acids is 2. The molecule has 0 fully saturated rings. The van der Waals surface area contributed by atoms with Crippen LogP contribution in [-0.2, 0) is 9.47 Å². The van der Waals surface area contributed by atoms with Gasteiger partial charge >= 0.3 is 5.97 Å². The highest BCUT2D eigenvalue weighted by Crippen LogP contribution is 2.30. The first kappa shape index (κ1) is 34.1. The van der Waals surface area contributed by atoms with Crippen molar-refractivity contribution in [2.24, 2.45) is 0 Å². The van der Waals surface area contributed by atoms with E-state index in [-0.39, 0.29) is 5.78 Å². The zero-order valence-electron chi connectivity index (χ0n) is 28.8. The van der Waals surface area contributed by atoms with E-state index in [9.17, 15) is 9.59 Å². The van der Waals surface area contributed by atoms with Gasteiger partial charge in [-0.3, -0.25) is 15.0 Å². The first-order valence-corrected chi connectivity index (χ1v) is 16.7. The summed E-state index contributed by atoms with van der Waals surface area (Å²) in [5.74, 6) is 1.62. The third-order valence-corrected chi connectivity index (χ3v) is 8.65. The fourth-order valence-corrected chi connectivity index (χ4v) is 5.91. The summed E-state index contributed by atoms with van der Waals surface area (Å²) < 4.78 is 12.5. The highest BCUT2D eigenvalue weighted by atomic mass is 16.6. The average molecular weight is 669 g/mol. The van der Waals surface area contributed by atoms with Crippen LogP contribution in [0.3, 0.4) is 0 Å². The lowest BCUT2D eigenvalue weighted by Gasteiger charge is -2.34. The molecule has 6 rings (SSSR count). The van der Waals surface area contributed by atoms with E-state index in [1.54, 1.807) is 44.2 Å². The summed E-state index contributed by atoms with van der Waals surface area (Å²) in [6, 6.07) is 33.7. The number of carbonyl (C=O) groups is 2. The van der Waals surface area contributed by atoms with Gasteiger partial charge in [0.2, 0.25) is 0 Å². The molecular weight excluding hydrogens is 628 g/mol. The summed E-state index contributed by atoms with van der Waals surface area (Å²) in [5, 5.41) is 14.7. The number of hydrogen-bond acceptors (Lipinski definition) is 8.